The molecule has 3 atom stereocenters. The number of nitrogens with one attached hydrogen (secondary N) is 1. The molecular weight excluding hydrogens is 232 g/mol. The standard InChI is InChI=1S/C17H34N2/c1-3-7-15-8-6-13-19(14-11-15)17-10-5-9-16(17)18-12-4-2/h15-18H,3-14H2,1-2H3. The molecule has 0 bridgehead atoms. The summed E-state index contributed by atoms with van der Waals surface area (Å²) in [5, 5.41) is 3.79. The van der Waals surface area contributed by atoms with E-state index < -0.39 is 0 Å². The maximum absolute atomic E-state index is 3.79. The fraction of sp³-hybridized carbons (Fsp3) is 1.00. The molecule has 1 heterocycles. The first-order valence-electron chi connectivity index (χ1n) is 8.82. The first kappa shape index (κ1) is 15.3. The maximum atomic E-state index is 3.79. The summed E-state index contributed by atoms with van der Waals surface area (Å²) in [5.74, 6) is 1.01. The zero-order valence-corrected chi connectivity index (χ0v) is 13.2. The van der Waals surface area contributed by atoms with Crippen LogP contribution in [0.3, 0.4) is 0 Å². The van der Waals surface area contributed by atoms with E-state index in [1.165, 1.54) is 77.4 Å². The summed E-state index contributed by atoms with van der Waals surface area (Å²) in [6.45, 7) is 8.53. The molecule has 2 rings (SSSR count). The Kier molecular flexibility index (Phi) is 6.66. The highest BCUT2D eigenvalue weighted by atomic mass is 15.2. The van der Waals surface area contributed by atoms with Gasteiger partial charge in [-0.05, 0) is 64.1 Å². The van der Waals surface area contributed by atoms with Gasteiger partial charge in [0, 0.05) is 12.1 Å². The van der Waals surface area contributed by atoms with Gasteiger partial charge in [-0.15, -0.1) is 0 Å². The third-order valence-electron chi connectivity index (χ3n) is 5.18. The minimum Gasteiger partial charge on any atom is -0.312 e. The van der Waals surface area contributed by atoms with Gasteiger partial charge in [0.1, 0.15) is 0 Å². The zero-order valence-electron chi connectivity index (χ0n) is 13.2. The molecule has 0 aromatic carbocycles. The fourth-order valence-corrected chi connectivity index (χ4v) is 4.16. The van der Waals surface area contributed by atoms with E-state index in [0.29, 0.717) is 0 Å². The fourth-order valence-electron chi connectivity index (χ4n) is 4.16. The Morgan fingerprint density at radius 3 is 2.63 bits per heavy atom. The van der Waals surface area contributed by atoms with Crippen molar-refractivity contribution < 1.29 is 0 Å². The lowest BCUT2D eigenvalue weighted by Crippen LogP contribution is -2.47. The van der Waals surface area contributed by atoms with E-state index in [2.05, 4.69) is 24.1 Å². The van der Waals surface area contributed by atoms with Crippen molar-refractivity contribution in [3.8, 4) is 0 Å². The predicted octanol–water partition coefficient (Wildman–Crippen LogP) is 3.81. The van der Waals surface area contributed by atoms with Gasteiger partial charge in [0.05, 0.1) is 0 Å². The van der Waals surface area contributed by atoms with Crippen LogP contribution in [0, 0.1) is 5.92 Å². The molecule has 0 aromatic rings. The summed E-state index contributed by atoms with van der Waals surface area (Å²) >= 11 is 0. The van der Waals surface area contributed by atoms with Crippen LogP contribution in [0.25, 0.3) is 0 Å². The maximum Gasteiger partial charge on any atom is 0.0249 e. The van der Waals surface area contributed by atoms with Crippen LogP contribution in [0.15, 0.2) is 0 Å². The third kappa shape index (κ3) is 4.46. The van der Waals surface area contributed by atoms with Gasteiger partial charge in [0.2, 0.25) is 0 Å². The highest BCUT2D eigenvalue weighted by Crippen LogP contribution is 2.29. The number of nitrogens with zero attached hydrogens (tertiary/aromatic N) is 1. The van der Waals surface area contributed by atoms with Crippen molar-refractivity contribution in [1.82, 2.24) is 10.2 Å². The van der Waals surface area contributed by atoms with Gasteiger partial charge >= 0.3 is 0 Å². The van der Waals surface area contributed by atoms with Crippen molar-refractivity contribution in [1.29, 1.82) is 0 Å². The van der Waals surface area contributed by atoms with Crippen LogP contribution >= 0.6 is 0 Å². The summed E-state index contributed by atoms with van der Waals surface area (Å²) < 4.78 is 0. The lowest BCUT2D eigenvalue weighted by molar-refractivity contribution is 0.176. The van der Waals surface area contributed by atoms with E-state index >= 15 is 0 Å². The van der Waals surface area contributed by atoms with Crippen LogP contribution in [-0.2, 0) is 0 Å². The average Bonchev–Trinajstić information content (AvgIpc) is 2.76. The molecule has 2 nitrogen and oxygen atoms in total. The molecule has 2 fully saturated rings. The molecule has 2 aliphatic rings. The van der Waals surface area contributed by atoms with E-state index in [9.17, 15) is 0 Å². The molecule has 1 aliphatic heterocycles. The monoisotopic (exact) mass is 266 g/mol. The topological polar surface area (TPSA) is 15.3 Å². The molecule has 1 aliphatic carbocycles. The lowest BCUT2D eigenvalue weighted by Gasteiger charge is -2.32. The average molecular weight is 266 g/mol. The Labute approximate surface area is 120 Å². The number of hydrogen-bond donors (Lipinski definition) is 1. The zero-order chi connectivity index (χ0) is 13.5. The minimum atomic E-state index is 0.780. The molecule has 0 aromatic heterocycles. The molecule has 0 radical (unpaired) electrons. The Morgan fingerprint density at radius 1 is 0.947 bits per heavy atom. The molecule has 1 saturated carbocycles. The van der Waals surface area contributed by atoms with E-state index in [-0.39, 0.29) is 0 Å². The van der Waals surface area contributed by atoms with Crippen LogP contribution in [0.4, 0.5) is 0 Å². The van der Waals surface area contributed by atoms with E-state index in [0.717, 1.165) is 18.0 Å². The van der Waals surface area contributed by atoms with Crippen LogP contribution in [-0.4, -0.2) is 36.6 Å². The summed E-state index contributed by atoms with van der Waals surface area (Å²) in [6.07, 6.45) is 12.7. The Hall–Kier alpha value is -0.0800. The van der Waals surface area contributed by atoms with Crippen molar-refractivity contribution in [3.05, 3.63) is 0 Å². The number of likely N-dealkylation sites (tertiary alicyclic amines) is 1. The summed E-state index contributed by atoms with van der Waals surface area (Å²) in [7, 11) is 0. The predicted molar refractivity (Wildman–Crippen MR) is 83.5 cm³/mol. The summed E-state index contributed by atoms with van der Waals surface area (Å²) in [5.41, 5.74) is 0. The summed E-state index contributed by atoms with van der Waals surface area (Å²) in [6, 6.07) is 1.62. The molecule has 112 valence electrons. The molecule has 19 heavy (non-hydrogen) atoms. The first-order chi connectivity index (χ1) is 9.35. The van der Waals surface area contributed by atoms with Gasteiger partial charge in [-0.1, -0.05) is 33.1 Å². The second-order valence-electron chi connectivity index (χ2n) is 6.68. The van der Waals surface area contributed by atoms with Crippen molar-refractivity contribution in [2.24, 2.45) is 5.92 Å². The van der Waals surface area contributed by atoms with Crippen LogP contribution in [0.1, 0.15) is 71.6 Å². The molecule has 0 amide bonds. The molecular formula is C17H34N2. The smallest absolute Gasteiger partial charge is 0.0249 e. The van der Waals surface area contributed by atoms with E-state index in [1.807, 2.05) is 0 Å². The molecule has 1 N–H and O–H groups in total. The molecule has 0 spiro atoms. The van der Waals surface area contributed by atoms with Gasteiger partial charge in [-0.3, -0.25) is 4.90 Å². The normalized spacial score (nSPS) is 33.5. The van der Waals surface area contributed by atoms with Gasteiger partial charge in [0.15, 0.2) is 0 Å². The van der Waals surface area contributed by atoms with E-state index in [4.69, 9.17) is 0 Å². The van der Waals surface area contributed by atoms with Gasteiger partial charge in [-0.25, -0.2) is 0 Å². The number of hydrogen-bond acceptors (Lipinski definition) is 2. The van der Waals surface area contributed by atoms with Gasteiger partial charge < -0.3 is 5.32 Å². The van der Waals surface area contributed by atoms with Crippen molar-refractivity contribution in [3.63, 3.8) is 0 Å². The molecule has 2 heteroatoms. The van der Waals surface area contributed by atoms with Crippen molar-refractivity contribution in [2.45, 2.75) is 83.7 Å². The van der Waals surface area contributed by atoms with Crippen LogP contribution in [0.2, 0.25) is 0 Å². The second kappa shape index (κ2) is 8.26. The highest BCUT2D eigenvalue weighted by molar-refractivity contribution is 4.91. The third-order valence-corrected chi connectivity index (χ3v) is 5.18. The van der Waals surface area contributed by atoms with Gasteiger partial charge in [-0.2, -0.15) is 0 Å². The summed E-state index contributed by atoms with van der Waals surface area (Å²) in [4.78, 5) is 2.83. The molecule has 1 saturated heterocycles. The minimum absolute atomic E-state index is 0.780. The van der Waals surface area contributed by atoms with Gasteiger partial charge in [0.25, 0.3) is 0 Å². The Balaban J connectivity index is 1.83. The number of rotatable bonds is 6. The van der Waals surface area contributed by atoms with Crippen molar-refractivity contribution >= 4 is 0 Å². The highest BCUT2D eigenvalue weighted by Gasteiger charge is 2.32. The Bertz CT molecular complexity index is 241. The Morgan fingerprint density at radius 2 is 1.84 bits per heavy atom. The first-order valence-corrected chi connectivity index (χ1v) is 8.82. The SMILES string of the molecule is CCCNC1CCCC1N1CCCC(CCC)CC1. The van der Waals surface area contributed by atoms with Crippen LogP contribution < -0.4 is 5.32 Å². The van der Waals surface area contributed by atoms with E-state index in [1.54, 1.807) is 0 Å². The lowest BCUT2D eigenvalue weighted by atomic mass is 9.96. The van der Waals surface area contributed by atoms with Crippen molar-refractivity contribution in [2.75, 3.05) is 19.6 Å². The largest absolute Gasteiger partial charge is 0.312 e. The second-order valence-corrected chi connectivity index (χ2v) is 6.68. The molecule has 3 unspecified atom stereocenters. The van der Waals surface area contributed by atoms with Crippen LogP contribution in [0.5, 0.6) is 0 Å². The quantitative estimate of drug-likeness (QED) is 0.786.